The van der Waals surface area contributed by atoms with E-state index in [0.29, 0.717) is 10.8 Å². The Kier molecular flexibility index (Phi) is 5.62. The molecule has 9 heteroatoms. The molecule has 152 valence electrons. The molecule has 2 amide bonds. The van der Waals surface area contributed by atoms with Crippen molar-refractivity contribution < 1.29 is 9.59 Å². The highest BCUT2D eigenvalue weighted by Gasteiger charge is 2.28. The summed E-state index contributed by atoms with van der Waals surface area (Å²) in [4.78, 5) is 26.6. The van der Waals surface area contributed by atoms with Crippen LogP contribution in [0.2, 0.25) is 0 Å². The van der Waals surface area contributed by atoms with Gasteiger partial charge in [0, 0.05) is 18.8 Å². The van der Waals surface area contributed by atoms with Gasteiger partial charge in [0.2, 0.25) is 17.0 Å². The minimum absolute atomic E-state index is 0.108. The second kappa shape index (κ2) is 8.50. The minimum Gasteiger partial charge on any atom is -0.326 e. The molecule has 2 heterocycles. The number of tetrazole rings is 1. The number of aromatic nitrogens is 4. The second-order valence-electron chi connectivity index (χ2n) is 6.77. The number of carbonyl (C=O) groups excluding carboxylic acids is 2. The molecule has 0 spiro atoms. The largest absolute Gasteiger partial charge is 0.326 e. The van der Waals surface area contributed by atoms with Crippen LogP contribution >= 0.6 is 11.8 Å². The molecule has 0 fully saturated rings. The SMILES string of the molecule is CSc1nnnn1-c1cccc(NC(=O)CC2c3ccccc3C=CN2C(C)=O)c1. The zero-order valence-corrected chi connectivity index (χ0v) is 17.3. The van der Waals surface area contributed by atoms with Gasteiger partial charge in [0.1, 0.15) is 0 Å². The van der Waals surface area contributed by atoms with Gasteiger partial charge in [-0.3, -0.25) is 9.59 Å². The molecule has 1 atom stereocenters. The maximum absolute atomic E-state index is 12.9. The number of fused-ring (bicyclic) bond motifs is 1. The van der Waals surface area contributed by atoms with E-state index in [1.165, 1.54) is 18.7 Å². The number of nitrogens with zero attached hydrogens (tertiary/aromatic N) is 5. The Morgan fingerprint density at radius 2 is 2.00 bits per heavy atom. The lowest BCUT2D eigenvalue weighted by Crippen LogP contribution is -2.33. The van der Waals surface area contributed by atoms with Gasteiger partial charge < -0.3 is 10.2 Å². The highest BCUT2D eigenvalue weighted by molar-refractivity contribution is 7.98. The summed E-state index contributed by atoms with van der Waals surface area (Å²) in [6.07, 6.45) is 5.67. The van der Waals surface area contributed by atoms with E-state index in [2.05, 4.69) is 20.8 Å². The average molecular weight is 420 g/mol. The van der Waals surface area contributed by atoms with Gasteiger partial charge in [-0.15, -0.1) is 5.10 Å². The Bertz CT molecular complexity index is 1130. The summed E-state index contributed by atoms with van der Waals surface area (Å²) < 4.78 is 1.61. The lowest BCUT2D eigenvalue weighted by molar-refractivity contribution is -0.129. The molecule has 1 unspecified atom stereocenters. The molecule has 1 aliphatic rings. The van der Waals surface area contributed by atoms with Crippen LogP contribution < -0.4 is 5.32 Å². The number of amides is 2. The number of carbonyl (C=O) groups is 2. The Hall–Kier alpha value is -3.46. The van der Waals surface area contributed by atoms with E-state index >= 15 is 0 Å². The van der Waals surface area contributed by atoms with Crippen LogP contribution in [0.1, 0.15) is 30.5 Å². The number of anilines is 1. The van der Waals surface area contributed by atoms with Crippen molar-refractivity contribution in [2.75, 3.05) is 11.6 Å². The molecule has 0 saturated heterocycles. The van der Waals surface area contributed by atoms with Crippen LogP contribution in [-0.4, -0.2) is 43.2 Å². The summed E-state index contributed by atoms with van der Waals surface area (Å²) in [6, 6.07) is 14.8. The highest BCUT2D eigenvalue weighted by Crippen LogP contribution is 2.33. The van der Waals surface area contributed by atoms with Gasteiger partial charge in [-0.25, -0.2) is 0 Å². The van der Waals surface area contributed by atoms with Crippen LogP contribution in [-0.2, 0) is 9.59 Å². The fourth-order valence-corrected chi connectivity index (χ4v) is 3.92. The number of thioether (sulfide) groups is 1. The van der Waals surface area contributed by atoms with Crippen molar-refractivity contribution in [1.82, 2.24) is 25.1 Å². The maximum atomic E-state index is 12.9. The van der Waals surface area contributed by atoms with Crippen LogP contribution in [0.15, 0.2) is 59.9 Å². The van der Waals surface area contributed by atoms with Crippen molar-refractivity contribution in [3.63, 3.8) is 0 Å². The van der Waals surface area contributed by atoms with Crippen molar-refractivity contribution in [3.8, 4) is 5.69 Å². The summed E-state index contributed by atoms with van der Waals surface area (Å²) in [5, 5.41) is 15.2. The zero-order chi connectivity index (χ0) is 21.1. The van der Waals surface area contributed by atoms with Gasteiger partial charge >= 0.3 is 0 Å². The maximum Gasteiger partial charge on any atom is 0.226 e. The first-order valence-corrected chi connectivity index (χ1v) is 10.6. The molecule has 0 saturated carbocycles. The lowest BCUT2D eigenvalue weighted by Gasteiger charge is -2.32. The van der Waals surface area contributed by atoms with E-state index in [4.69, 9.17) is 0 Å². The van der Waals surface area contributed by atoms with Crippen LogP contribution in [0, 0.1) is 0 Å². The quantitative estimate of drug-likeness (QED) is 0.637. The Morgan fingerprint density at radius 1 is 1.17 bits per heavy atom. The first kappa shape index (κ1) is 19.8. The van der Waals surface area contributed by atoms with Gasteiger partial charge in [0.25, 0.3) is 0 Å². The molecular formula is C21H20N6O2S. The van der Waals surface area contributed by atoms with Gasteiger partial charge in [0.05, 0.1) is 18.2 Å². The molecule has 0 bridgehead atoms. The van der Waals surface area contributed by atoms with Crippen molar-refractivity contribution in [1.29, 1.82) is 0 Å². The summed E-state index contributed by atoms with van der Waals surface area (Å²) >= 11 is 1.43. The van der Waals surface area contributed by atoms with Gasteiger partial charge in [-0.1, -0.05) is 42.1 Å². The topological polar surface area (TPSA) is 93.0 Å². The third-order valence-electron chi connectivity index (χ3n) is 4.85. The molecule has 30 heavy (non-hydrogen) atoms. The predicted octanol–water partition coefficient (Wildman–Crippen LogP) is 3.29. The summed E-state index contributed by atoms with van der Waals surface area (Å²) in [7, 11) is 0. The number of rotatable bonds is 5. The molecule has 0 aliphatic carbocycles. The predicted molar refractivity (Wildman–Crippen MR) is 115 cm³/mol. The monoisotopic (exact) mass is 420 g/mol. The van der Waals surface area contributed by atoms with Gasteiger partial charge in [0.15, 0.2) is 0 Å². The molecule has 0 radical (unpaired) electrons. The van der Waals surface area contributed by atoms with Crippen molar-refractivity contribution in [3.05, 3.63) is 65.9 Å². The molecule has 8 nitrogen and oxygen atoms in total. The molecular weight excluding hydrogens is 400 g/mol. The summed E-state index contributed by atoms with van der Waals surface area (Å²) in [5.74, 6) is -0.292. The first-order chi connectivity index (χ1) is 14.6. The van der Waals surface area contributed by atoms with E-state index in [1.54, 1.807) is 15.8 Å². The fraction of sp³-hybridized carbons (Fsp3) is 0.190. The summed E-state index contributed by atoms with van der Waals surface area (Å²) in [5.41, 5.74) is 3.35. The molecule has 3 aromatic rings. The van der Waals surface area contributed by atoms with Crippen molar-refractivity contribution in [2.45, 2.75) is 24.5 Å². The molecule has 2 aromatic carbocycles. The third-order valence-corrected chi connectivity index (χ3v) is 5.47. The van der Waals surface area contributed by atoms with Gasteiger partial charge in [-0.2, -0.15) is 4.68 Å². The number of nitrogens with one attached hydrogen (secondary N) is 1. The smallest absolute Gasteiger partial charge is 0.226 e. The van der Waals surface area contributed by atoms with E-state index in [0.717, 1.165) is 16.8 Å². The van der Waals surface area contributed by atoms with E-state index in [1.807, 2.05) is 60.9 Å². The normalized spacial score (nSPS) is 15.0. The number of hydrogen-bond donors (Lipinski definition) is 1. The zero-order valence-electron chi connectivity index (χ0n) is 16.5. The Morgan fingerprint density at radius 3 is 2.80 bits per heavy atom. The molecule has 1 aromatic heterocycles. The second-order valence-corrected chi connectivity index (χ2v) is 7.54. The molecule has 4 rings (SSSR count). The van der Waals surface area contributed by atoms with Crippen molar-refractivity contribution >= 4 is 35.3 Å². The van der Waals surface area contributed by atoms with Crippen LogP contribution in [0.5, 0.6) is 0 Å². The first-order valence-electron chi connectivity index (χ1n) is 9.35. The van der Waals surface area contributed by atoms with E-state index < -0.39 is 0 Å². The standard InChI is InChI=1S/C21H20N6O2S/c1-14(28)26-11-10-15-6-3-4-9-18(15)19(26)13-20(29)22-16-7-5-8-17(12-16)27-21(30-2)23-24-25-27/h3-12,19H,13H2,1-2H3,(H,22,29). The third kappa shape index (κ3) is 3.97. The Balaban J connectivity index is 1.54. The van der Waals surface area contributed by atoms with E-state index in [-0.39, 0.29) is 24.3 Å². The summed E-state index contributed by atoms with van der Waals surface area (Å²) in [6.45, 7) is 1.50. The van der Waals surface area contributed by atoms with E-state index in [9.17, 15) is 9.59 Å². The van der Waals surface area contributed by atoms with Crippen LogP contribution in [0.3, 0.4) is 0 Å². The number of hydrogen-bond acceptors (Lipinski definition) is 6. The average Bonchev–Trinajstić information content (AvgIpc) is 3.23. The Labute approximate surface area is 178 Å². The molecule has 1 N–H and O–H groups in total. The van der Waals surface area contributed by atoms with Crippen LogP contribution in [0.25, 0.3) is 11.8 Å². The van der Waals surface area contributed by atoms with Crippen LogP contribution in [0.4, 0.5) is 5.69 Å². The van der Waals surface area contributed by atoms with Gasteiger partial charge in [-0.05, 0) is 52.1 Å². The molecule has 1 aliphatic heterocycles. The van der Waals surface area contributed by atoms with Crippen molar-refractivity contribution in [2.24, 2.45) is 0 Å². The number of benzene rings is 2. The lowest BCUT2D eigenvalue weighted by atomic mass is 9.93. The fourth-order valence-electron chi connectivity index (χ4n) is 3.48. The minimum atomic E-state index is -0.352. The highest BCUT2D eigenvalue weighted by atomic mass is 32.2.